The molecule has 1 heterocycles. The molecule has 6 atom stereocenters. The fraction of sp³-hybridized carbons (Fsp3) is 0.875. The van der Waals surface area contributed by atoms with E-state index < -0.39 is 61.4 Å². The average Bonchev–Trinajstić information content (AvgIpc) is 2.59. The predicted molar refractivity (Wildman–Crippen MR) is 93.5 cm³/mol. The molecule has 0 aromatic rings. The highest BCUT2D eigenvalue weighted by Gasteiger charge is 2.48. The summed E-state index contributed by atoms with van der Waals surface area (Å²) >= 11 is 0. The third-order valence-electron chi connectivity index (χ3n) is 4.06. The summed E-state index contributed by atoms with van der Waals surface area (Å²) in [5.74, 6) is 0.986. The summed E-state index contributed by atoms with van der Waals surface area (Å²) in [4.78, 5) is 21.6. The quantitative estimate of drug-likeness (QED) is 0.168. The lowest BCUT2D eigenvalue weighted by atomic mass is 9.86. The maximum absolute atomic E-state index is 11.0. The smallest absolute Gasteiger partial charge is 0.309 e. The van der Waals surface area contributed by atoms with Crippen LogP contribution in [0.15, 0.2) is 0 Å². The van der Waals surface area contributed by atoms with E-state index in [1.165, 1.54) is 0 Å². The number of carboxylic acid groups (broad SMARTS) is 2. The number of carboxylic acids is 2. The van der Waals surface area contributed by atoms with E-state index in [-0.39, 0.29) is 0 Å². The molecule has 8 N–H and O–H groups in total. The first kappa shape index (κ1) is 25.7. The Morgan fingerprint density at radius 2 is 1.56 bits per heavy atom. The second kappa shape index (κ2) is 12.9. The number of aliphatic hydroxyl groups is 4. The van der Waals surface area contributed by atoms with E-state index in [0.29, 0.717) is 0 Å². The minimum Gasteiger partial charge on any atom is -0.481 e. The van der Waals surface area contributed by atoms with Gasteiger partial charge in [-0.25, -0.2) is 5.01 Å². The first-order valence-electron chi connectivity index (χ1n) is 8.85. The van der Waals surface area contributed by atoms with Crippen molar-refractivity contribution in [2.75, 3.05) is 19.7 Å². The Kier molecular flexibility index (Phi) is 12.3. The Bertz CT molecular complexity index is 444. The first-order chi connectivity index (χ1) is 12.6. The summed E-state index contributed by atoms with van der Waals surface area (Å²) in [6, 6.07) is 0. The van der Waals surface area contributed by atoms with Gasteiger partial charge >= 0.3 is 11.9 Å². The average molecular weight is 396 g/mol. The highest BCUT2D eigenvalue weighted by molar-refractivity contribution is 5.78. The lowest BCUT2D eigenvalue weighted by molar-refractivity contribution is -0.242. The molecule has 1 aliphatic heterocycles. The molecular formula is C16H32N2O9. The van der Waals surface area contributed by atoms with Crippen molar-refractivity contribution >= 4 is 11.9 Å². The Hall–Kier alpha value is -1.34. The Labute approximate surface area is 157 Å². The number of aliphatic hydroxyl groups excluding tert-OH is 4. The number of hydrogen-bond donors (Lipinski definition) is 7. The second-order valence-corrected chi connectivity index (χ2v) is 6.37. The molecule has 0 saturated carbocycles. The SMILES string of the molecule is CCCN(N)CCC.O=C(O)CC(C(=O)O)[C@H]1O[C@H](CO)[C@H](O)[C@H](O)[C@H]1O. The van der Waals surface area contributed by atoms with Gasteiger partial charge in [0, 0.05) is 13.1 Å². The number of rotatable bonds is 9. The van der Waals surface area contributed by atoms with Crippen LogP contribution in [0, 0.1) is 5.92 Å². The van der Waals surface area contributed by atoms with Gasteiger partial charge in [-0.1, -0.05) is 13.8 Å². The Morgan fingerprint density at radius 3 is 1.93 bits per heavy atom. The van der Waals surface area contributed by atoms with Crippen LogP contribution in [0.1, 0.15) is 33.1 Å². The molecule has 11 heteroatoms. The third kappa shape index (κ3) is 8.47. The summed E-state index contributed by atoms with van der Waals surface area (Å²) in [6.45, 7) is 5.60. The maximum atomic E-state index is 11.0. The lowest BCUT2D eigenvalue weighted by Gasteiger charge is -2.41. The zero-order valence-corrected chi connectivity index (χ0v) is 15.6. The van der Waals surface area contributed by atoms with Crippen LogP contribution in [-0.2, 0) is 14.3 Å². The molecule has 11 nitrogen and oxygen atoms in total. The van der Waals surface area contributed by atoms with E-state index in [2.05, 4.69) is 13.8 Å². The molecule has 1 fully saturated rings. The third-order valence-corrected chi connectivity index (χ3v) is 4.06. The van der Waals surface area contributed by atoms with E-state index in [4.69, 9.17) is 25.9 Å². The summed E-state index contributed by atoms with van der Waals surface area (Å²) in [7, 11) is 0. The molecule has 1 aliphatic rings. The van der Waals surface area contributed by atoms with Crippen LogP contribution in [0.2, 0.25) is 0 Å². The minimum absolute atomic E-state index is 0.707. The molecule has 160 valence electrons. The van der Waals surface area contributed by atoms with Gasteiger partial charge in [0.05, 0.1) is 18.9 Å². The zero-order valence-electron chi connectivity index (χ0n) is 15.6. The molecular weight excluding hydrogens is 364 g/mol. The molecule has 1 saturated heterocycles. The minimum atomic E-state index is -1.77. The molecule has 27 heavy (non-hydrogen) atoms. The Balaban J connectivity index is 0.000000713. The van der Waals surface area contributed by atoms with E-state index in [1.807, 2.05) is 5.01 Å². The van der Waals surface area contributed by atoms with Crippen molar-refractivity contribution in [1.29, 1.82) is 0 Å². The fourth-order valence-corrected chi connectivity index (χ4v) is 2.68. The van der Waals surface area contributed by atoms with Crippen LogP contribution in [0.4, 0.5) is 0 Å². The number of hydrogen-bond acceptors (Lipinski definition) is 9. The van der Waals surface area contributed by atoms with Crippen molar-refractivity contribution in [1.82, 2.24) is 5.01 Å². The van der Waals surface area contributed by atoms with Crippen molar-refractivity contribution in [3.8, 4) is 0 Å². The number of nitrogens with zero attached hydrogens (tertiary/aromatic N) is 1. The van der Waals surface area contributed by atoms with Crippen molar-refractivity contribution in [3.05, 3.63) is 0 Å². The molecule has 0 aliphatic carbocycles. The number of carbonyl (C=O) groups is 2. The molecule has 1 unspecified atom stereocenters. The van der Waals surface area contributed by atoms with Crippen LogP contribution < -0.4 is 5.84 Å². The molecule has 0 aromatic heterocycles. The topological polar surface area (TPSA) is 194 Å². The zero-order chi connectivity index (χ0) is 21.1. The molecule has 0 radical (unpaired) electrons. The number of ether oxygens (including phenoxy) is 1. The van der Waals surface area contributed by atoms with Gasteiger partial charge in [0.2, 0.25) is 0 Å². The summed E-state index contributed by atoms with van der Waals surface area (Å²) in [5, 5.41) is 57.1. The highest BCUT2D eigenvalue weighted by Crippen LogP contribution is 2.27. The van der Waals surface area contributed by atoms with E-state index >= 15 is 0 Å². The molecule has 0 spiro atoms. The predicted octanol–water partition coefficient (Wildman–Crippen LogP) is -2.01. The van der Waals surface area contributed by atoms with Gasteiger partial charge in [0.1, 0.15) is 30.5 Å². The van der Waals surface area contributed by atoms with Crippen molar-refractivity contribution in [2.24, 2.45) is 11.8 Å². The summed E-state index contributed by atoms with van der Waals surface area (Å²) < 4.78 is 5.00. The molecule has 0 aromatic carbocycles. The van der Waals surface area contributed by atoms with Crippen molar-refractivity contribution < 1.29 is 45.0 Å². The van der Waals surface area contributed by atoms with E-state index in [1.54, 1.807) is 0 Å². The maximum Gasteiger partial charge on any atom is 0.309 e. The summed E-state index contributed by atoms with van der Waals surface area (Å²) in [6.07, 6.45) is -6.44. The van der Waals surface area contributed by atoms with Gasteiger partial charge < -0.3 is 35.4 Å². The van der Waals surface area contributed by atoms with Gasteiger partial charge in [-0.15, -0.1) is 0 Å². The highest BCUT2D eigenvalue weighted by atomic mass is 16.5. The first-order valence-corrected chi connectivity index (χ1v) is 8.85. The Morgan fingerprint density at radius 1 is 1.04 bits per heavy atom. The van der Waals surface area contributed by atoms with Gasteiger partial charge in [-0.3, -0.25) is 15.4 Å². The summed E-state index contributed by atoms with van der Waals surface area (Å²) in [5.41, 5.74) is 0. The van der Waals surface area contributed by atoms with E-state index in [9.17, 15) is 24.9 Å². The van der Waals surface area contributed by atoms with Crippen LogP contribution in [0.3, 0.4) is 0 Å². The van der Waals surface area contributed by atoms with Gasteiger partial charge in [0.25, 0.3) is 0 Å². The normalized spacial score (nSPS) is 29.0. The molecule has 0 bridgehead atoms. The monoisotopic (exact) mass is 396 g/mol. The second-order valence-electron chi connectivity index (χ2n) is 6.37. The van der Waals surface area contributed by atoms with Gasteiger partial charge in [-0.05, 0) is 12.8 Å². The van der Waals surface area contributed by atoms with Crippen LogP contribution in [0.5, 0.6) is 0 Å². The van der Waals surface area contributed by atoms with Crippen LogP contribution in [-0.4, -0.2) is 97.8 Å². The fourth-order valence-electron chi connectivity index (χ4n) is 2.68. The number of nitrogens with two attached hydrogens (primary N) is 1. The number of hydrazine groups is 1. The molecule has 1 rings (SSSR count). The van der Waals surface area contributed by atoms with Gasteiger partial charge in [-0.2, -0.15) is 0 Å². The standard InChI is InChI=1S/C10H16O9.C6H16N2/c11-2-4-6(14)7(15)8(16)9(19-4)3(10(17)18)1-5(12)13;1-3-5-8(7)6-4-2/h3-4,6-9,11,14-16H,1-2H2,(H,12,13)(H,17,18);3-7H2,1-2H3/t3?,4-,6+,7+,8-,9-;/m1./s1. The number of aliphatic carboxylic acids is 2. The largest absolute Gasteiger partial charge is 0.481 e. The van der Waals surface area contributed by atoms with Crippen molar-refractivity contribution in [2.45, 2.75) is 63.6 Å². The van der Waals surface area contributed by atoms with Crippen LogP contribution in [0.25, 0.3) is 0 Å². The van der Waals surface area contributed by atoms with Gasteiger partial charge in [0.15, 0.2) is 0 Å². The van der Waals surface area contributed by atoms with Crippen molar-refractivity contribution in [3.63, 3.8) is 0 Å². The van der Waals surface area contributed by atoms with Crippen LogP contribution >= 0.6 is 0 Å². The van der Waals surface area contributed by atoms with E-state index in [0.717, 1.165) is 25.9 Å². The molecule has 0 amide bonds. The lowest BCUT2D eigenvalue weighted by Crippen LogP contribution is -2.61.